The third-order valence-corrected chi connectivity index (χ3v) is 24.7. The minimum absolute atomic E-state index is 0.00493. The number of benzene rings is 3. The predicted octanol–water partition coefficient (Wildman–Crippen LogP) is 0.934. The van der Waals surface area contributed by atoms with Gasteiger partial charge < -0.3 is 105 Å². The Morgan fingerprint density at radius 3 is 1.74 bits per heavy atom. The lowest BCUT2D eigenvalue weighted by Gasteiger charge is -2.36. The molecule has 13 atom stereocenters. The molecule has 40 heteroatoms. The largest absolute Gasteiger partial charge is 0.394 e. The number of imidazole rings is 1. The number of hydrogen-bond acceptors (Lipinski definition) is 21. The lowest BCUT2D eigenvalue weighted by atomic mass is 9.90. The van der Waals surface area contributed by atoms with E-state index in [2.05, 4.69) is 67.8 Å². The monoisotopic (exact) mass is 1830 g/mol. The van der Waals surface area contributed by atoms with Crippen LogP contribution in [-0.4, -0.2) is 276 Å². The molecule has 39 nitrogen and oxygen atoms in total. The fourth-order valence-electron chi connectivity index (χ4n) is 16.3. The smallest absolute Gasteiger partial charge is 0.246 e. The van der Waals surface area contributed by atoms with Crippen molar-refractivity contribution in [3.8, 4) is 0 Å². The highest BCUT2D eigenvalue weighted by molar-refractivity contribution is 8.00. The fraction of sp³-hybridized carbons (Fsp3) is 0.527. The summed E-state index contributed by atoms with van der Waals surface area (Å²) >= 11 is 0.859. The van der Waals surface area contributed by atoms with Gasteiger partial charge in [0.15, 0.2) is 23.3 Å². The zero-order valence-electron chi connectivity index (χ0n) is 75.5. The summed E-state index contributed by atoms with van der Waals surface area (Å²) in [4.78, 5) is 266. The number of nitrogens with one attached hydrogen (secondary N) is 13. The van der Waals surface area contributed by atoms with Crippen molar-refractivity contribution in [1.29, 1.82) is 5.41 Å². The van der Waals surface area contributed by atoms with Crippen LogP contribution in [0.4, 0.5) is 0 Å². The molecule has 3 aromatic carbocycles. The highest BCUT2D eigenvalue weighted by Crippen LogP contribution is 2.29. The van der Waals surface area contributed by atoms with Gasteiger partial charge in [-0.1, -0.05) is 120 Å². The van der Waals surface area contributed by atoms with Gasteiger partial charge in [0.05, 0.1) is 55.7 Å². The number of nitrogens with two attached hydrogens (primary N) is 3. The Bertz CT molecular complexity index is 5000. The van der Waals surface area contributed by atoms with Crippen molar-refractivity contribution in [3.63, 3.8) is 0 Å². The summed E-state index contributed by atoms with van der Waals surface area (Å²) in [5.74, 6) is -18.1. The molecule has 0 saturated carbocycles. The van der Waals surface area contributed by atoms with E-state index in [0.717, 1.165) is 16.7 Å². The number of hydrogen-bond donors (Lipinski definition) is 17. The standard InChI is InChI=1S/C91H127N21O18S/c1-9-11-29-71-75(115)41-55(24-20-34-97-91(94)95)82(122)108-70(74(114)32-33-77(92)117)49-131-50-80(120)103-66(37-54-22-14-13-15-23-54)87(127)109(6)53(5)81(121)105-68(43-78(93)118)89(129)112-35-21-31-72(112)76(116)42-56(38-59-46-96-51-101-59)83(123)104-64(36-52(3)4)84(124)100-47-79(119)102-65(39-57-44-98-62-27-18-16-25-60(57)62)85(125)107-69(48-113)86(126)106-67(40-58-45-99-63-28-19-17-26-61(58)63)88(128)111(8)73(30-12-10-2)90(130)110(71)7/h13-19,22-23,25-28,44-46,51-53,55-56,64-73,98-99,113H,9-12,20-21,24,29-43,47-50H2,1-8H3,(H2,92,117)(H2,93,118)(H,96,101)(H,100,124)(H,102,119)(H,103,120)(H,104,123)(H,105,121)(H,106,126)(H,107,125)(H,108,122)(H4,94,95,97)/t53-,55+,56+,64-,65-,66-,67-,68-,69-,70-,71-,72?,73-/m0/s1. The number of aromatic amines is 3. The number of carbonyl (C=O) groups is 17. The van der Waals surface area contributed by atoms with E-state index < -0.39 is 229 Å². The van der Waals surface area contributed by atoms with Crippen molar-refractivity contribution in [1.82, 2.24) is 87.4 Å². The number of H-pyrrole nitrogens is 3. The molecule has 131 heavy (non-hydrogen) atoms. The normalized spacial score (nSPS) is 23.7. The molecule has 2 fully saturated rings. The number of likely N-dealkylation sites (N-methyl/N-ethyl adjacent to an activating group) is 3. The van der Waals surface area contributed by atoms with E-state index in [0.29, 0.717) is 69.9 Å². The van der Waals surface area contributed by atoms with Crippen LogP contribution < -0.4 is 65.1 Å². The van der Waals surface area contributed by atoms with Gasteiger partial charge in [-0.15, -0.1) is 11.8 Å². The van der Waals surface area contributed by atoms with Crippen LogP contribution in [0.15, 0.2) is 104 Å². The summed E-state index contributed by atoms with van der Waals surface area (Å²) in [6.07, 6.45) is 4.88. The van der Waals surface area contributed by atoms with Crippen LogP contribution in [0.3, 0.4) is 0 Å². The minimum atomic E-state index is -1.83. The highest BCUT2D eigenvalue weighted by Gasteiger charge is 2.44. The molecule has 8 rings (SSSR count). The Labute approximate surface area is 764 Å². The maximum absolute atomic E-state index is 15.7. The van der Waals surface area contributed by atoms with Gasteiger partial charge in [0.1, 0.15) is 48.3 Å². The second-order valence-electron chi connectivity index (χ2n) is 34.0. The summed E-state index contributed by atoms with van der Waals surface area (Å²) in [5.41, 5.74) is 20.3. The summed E-state index contributed by atoms with van der Waals surface area (Å²) in [6, 6.07) is 6.66. The molecule has 6 aromatic rings. The van der Waals surface area contributed by atoms with E-state index in [1.165, 1.54) is 55.3 Å². The number of unbranched alkanes of at least 4 members (excludes halogenated alkanes) is 2. The number of ketones is 3. The summed E-state index contributed by atoms with van der Waals surface area (Å²) in [7, 11) is 4.05. The second-order valence-corrected chi connectivity index (χ2v) is 35.1. The molecular formula is C91H127N21O18S. The summed E-state index contributed by atoms with van der Waals surface area (Å²) in [5, 5.41) is 44.3. The Morgan fingerprint density at radius 1 is 0.565 bits per heavy atom. The molecule has 14 amide bonds. The van der Waals surface area contributed by atoms with Crippen molar-refractivity contribution in [2.75, 3.05) is 58.9 Å². The number of thioether (sulfide) groups is 1. The fourth-order valence-corrected chi connectivity index (χ4v) is 17.2. The van der Waals surface area contributed by atoms with Crippen molar-refractivity contribution in [2.24, 2.45) is 35.0 Å². The van der Waals surface area contributed by atoms with Crippen molar-refractivity contribution >= 4 is 140 Å². The van der Waals surface area contributed by atoms with E-state index >= 15 is 28.8 Å². The summed E-state index contributed by atoms with van der Waals surface area (Å²) < 4.78 is 0. The van der Waals surface area contributed by atoms with E-state index in [-0.39, 0.29) is 101 Å². The highest BCUT2D eigenvalue weighted by atomic mass is 32.2. The van der Waals surface area contributed by atoms with Gasteiger partial charge in [0.25, 0.3) is 0 Å². The number of Topliss-reactive ketones (excluding diaryl/α,β-unsaturated/α-hetero) is 3. The number of para-hydroxylation sites is 2. The Balaban J connectivity index is 1.17. The first-order valence-electron chi connectivity index (χ1n) is 44.5. The van der Waals surface area contributed by atoms with Crippen LogP contribution in [0.5, 0.6) is 0 Å². The Kier molecular flexibility index (Phi) is 40.2. The van der Waals surface area contributed by atoms with Crippen LogP contribution >= 0.6 is 11.8 Å². The van der Waals surface area contributed by atoms with Crippen LogP contribution in [0.25, 0.3) is 21.8 Å². The van der Waals surface area contributed by atoms with Gasteiger partial charge in [-0.05, 0) is 86.6 Å². The van der Waals surface area contributed by atoms with Crippen molar-refractivity contribution < 1.29 is 86.6 Å². The number of nitrogens with zero attached hydrogens (tertiary/aromatic N) is 5. The van der Waals surface area contributed by atoms with E-state index in [9.17, 15) is 57.8 Å². The summed E-state index contributed by atoms with van der Waals surface area (Å²) in [6.45, 7) is 6.76. The zero-order chi connectivity index (χ0) is 95.7. The first-order chi connectivity index (χ1) is 62.5. The molecule has 2 aliphatic rings. The predicted molar refractivity (Wildman–Crippen MR) is 489 cm³/mol. The Morgan fingerprint density at radius 2 is 1.13 bits per heavy atom. The minimum Gasteiger partial charge on any atom is -0.394 e. The number of fused-ring (bicyclic) bond motifs is 3. The number of carbonyl (C=O) groups excluding carboxylic acids is 17. The van der Waals surface area contributed by atoms with Gasteiger partial charge in [0.2, 0.25) is 82.7 Å². The van der Waals surface area contributed by atoms with Gasteiger partial charge in [-0.3, -0.25) is 86.9 Å². The molecule has 2 aliphatic heterocycles. The molecule has 0 radical (unpaired) electrons. The van der Waals surface area contributed by atoms with Crippen molar-refractivity contribution in [2.45, 2.75) is 229 Å². The van der Waals surface area contributed by atoms with E-state index in [1.807, 2.05) is 13.8 Å². The topological polar surface area (TPSA) is 594 Å². The van der Waals surface area contributed by atoms with E-state index in [4.69, 9.17) is 22.6 Å². The number of guanidine groups is 1. The zero-order valence-corrected chi connectivity index (χ0v) is 76.4. The molecular weight excluding hydrogens is 1710 g/mol. The number of aromatic nitrogens is 4. The van der Waals surface area contributed by atoms with Crippen LogP contribution in [0, 0.1) is 23.2 Å². The maximum atomic E-state index is 15.7. The number of rotatable bonds is 27. The molecule has 1 unspecified atom stereocenters. The third kappa shape index (κ3) is 30.6. The number of amides is 14. The first kappa shape index (κ1) is 103. The molecule has 20 N–H and O–H groups in total. The molecule has 3 aromatic heterocycles. The van der Waals surface area contributed by atoms with Gasteiger partial charge in [0, 0.05) is 143 Å². The quantitative estimate of drug-likeness (QED) is 0.0194. The van der Waals surface area contributed by atoms with Gasteiger partial charge in [-0.25, -0.2) is 4.98 Å². The van der Waals surface area contributed by atoms with Crippen LogP contribution in [-0.2, 0) is 107 Å². The van der Waals surface area contributed by atoms with Crippen LogP contribution in [0.2, 0.25) is 0 Å². The lowest BCUT2D eigenvalue weighted by molar-refractivity contribution is -0.149. The molecule has 0 spiro atoms. The molecule has 0 bridgehead atoms. The maximum Gasteiger partial charge on any atom is 0.246 e. The average molecular weight is 1840 g/mol. The second kappa shape index (κ2) is 50.9. The number of aliphatic hydroxyl groups excluding tert-OH is 1. The number of aliphatic hydroxyl groups is 1. The average Bonchev–Trinajstić information content (AvgIpc) is 1.74. The SMILES string of the molecule is CCCC[C@H]1C(=O)N(C)[C@@H](CCCC)C(=O)C[C@@H](CCCNC(=N)N)C(=O)N[C@H](C(=O)CCC(N)=O)CSCC(=O)N[C@@H](Cc2ccccc2)C(=O)N(C)[C@@H](C)C(=O)N[C@@H](CC(N)=O)C(=O)N2CCCC2C(=O)C[C@@H](Cc2cnc[nH]2)C(=O)N[C@@H](CC(C)C)C(=O)NCC(=O)N[C@@H](Cc2c[nH]c3ccccc23)C(=O)N[C@@H](CO)C(=O)N[C@@H](Cc2c[nH]c3ccccc23)C(=O)N1C. The molecule has 710 valence electrons. The molecule has 2 saturated heterocycles. The third-order valence-electron chi connectivity index (χ3n) is 23.7. The molecule has 5 heterocycles. The van der Waals surface area contributed by atoms with Gasteiger partial charge in [-0.2, -0.15) is 0 Å². The molecule has 0 aliphatic carbocycles. The van der Waals surface area contributed by atoms with Crippen LogP contribution in [0.1, 0.15) is 160 Å². The lowest BCUT2D eigenvalue weighted by Crippen LogP contribution is -2.60. The van der Waals surface area contributed by atoms with E-state index in [1.54, 1.807) is 105 Å². The first-order valence-corrected chi connectivity index (χ1v) is 45.7. The van der Waals surface area contributed by atoms with Gasteiger partial charge >= 0.3 is 0 Å². The number of primary amides is 2. The Hall–Kier alpha value is -12.9. The van der Waals surface area contributed by atoms with Crippen molar-refractivity contribution in [3.05, 3.63) is 126 Å².